The van der Waals surface area contributed by atoms with Crippen LogP contribution in [-0.2, 0) is 9.53 Å². The standard InChI is InChI=1S/C11H19NO2/c1-2-14-11(13)9-3-4-10-8(7-9)5-6-12-10/h8-10,12H,2-7H2,1H3. The van der Waals surface area contributed by atoms with E-state index < -0.39 is 0 Å². The van der Waals surface area contributed by atoms with Crippen LogP contribution in [0, 0.1) is 11.8 Å². The number of esters is 1. The van der Waals surface area contributed by atoms with E-state index in [1.807, 2.05) is 6.92 Å². The molecule has 1 N–H and O–H groups in total. The van der Waals surface area contributed by atoms with Gasteiger partial charge in [0.1, 0.15) is 0 Å². The molecule has 0 aromatic carbocycles. The molecule has 0 radical (unpaired) electrons. The Kier molecular flexibility index (Phi) is 3.06. The molecule has 0 bridgehead atoms. The third-order valence-corrected chi connectivity index (χ3v) is 3.52. The van der Waals surface area contributed by atoms with Crippen molar-refractivity contribution in [2.45, 2.75) is 38.6 Å². The summed E-state index contributed by atoms with van der Waals surface area (Å²) in [6, 6.07) is 0.681. The molecule has 1 saturated carbocycles. The molecule has 3 unspecified atom stereocenters. The highest BCUT2D eigenvalue weighted by atomic mass is 16.5. The average Bonchev–Trinajstić information content (AvgIpc) is 2.64. The molecule has 3 atom stereocenters. The van der Waals surface area contributed by atoms with Crippen molar-refractivity contribution in [1.82, 2.24) is 5.32 Å². The summed E-state index contributed by atoms with van der Waals surface area (Å²) in [7, 11) is 0. The summed E-state index contributed by atoms with van der Waals surface area (Å²) >= 11 is 0. The molecule has 14 heavy (non-hydrogen) atoms. The van der Waals surface area contributed by atoms with E-state index in [-0.39, 0.29) is 11.9 Å². The monoisotopic (exact) mass is 197 g/mol. The van der Waals surface area contributed by atoms with Gasteiger partial charge in [-0.25, -0.2) is 0 Å². The van der Waals surface area contributed by atoms with E-state index in [0.717, 1.165) is 31.7 Å². The summed E-state index contributed by atoms with van der Waals surface area (Å²) in [5.41, 5.74) is 0. The Balaban J connectivity index is 1.87. The summed E-state index contributed by atoms with van der Waals surface area (Å²) in [4.78, 5) is 11.5. The van der Waals surface area contributed by atoms with Crippen molar-refractivity contribution >= 4 is 5.97 Å². The number of carbonyl (C=O) groups is 1. The van der Waals surface area contributed by atoms with Gasteiger partial charge in [0, 0.05) is 6.04 Å². The lowest BCUT2D eigenvalue weighted by Gasteiger charge is -2.30. The van der Waals surface area contributed by atoms with Crippen molar-refractivity contribution in [3.63, 3.8) is 0 Å². The summed E-state index contributed by atoms with van der Waals surface area (Å²) in [5.74, 6) is 0.923. The third kappa shape index (κ3) is 1.92. The fourth-order valence-electron chi connectivity index (χ4n) is 2.78. The molecular formula is C11H19NO2. The minimum Gasteiger partial charge on any atom is -0.466 e. The second kappa shape index (κ2) is 4.30. The lowest BCUT2D eigenvalue weighted by Crippen LogP contribution is -2.35. The molecule has 0 aromatic heterocycles. The Bertz CT molecular complexity index is 217. The first-order valence-corrected chi connectivity index (χ1v) is 5.71. The van der Waals surface area contributed by atoms with E-state index in [2.05, 4.69) is 5.32 Å². The van der Waals surface area contributed by atoms with Crippen LogP contribution in [0.3, 0.4) is 0 Å². The smallest absolute Gasteiger partial charge is 0.308 e. The molecule has 0 amide bonds. The molecule has 2 aliphatic rings. The Hall–Kier alpha value is -0.570. The lowest BCUT2D eigenvalue weighted by atomic mass is 9.78. The number of ether oxygens (including phenoxy) is 1. The predicted molar refractivity (Wildman–Crippen MR) is 53.9 cm³/mol. The van der Waals surface area contributed by atoms with Gasteiger partial charge in [-0.1, -0.05) is 0 Å². The van der Waals surface area contributed by atoms with Gasteiger partial charge in [-0.05, 0) is 45.1 Å². The van der Waals surface area contributed by atoms with Gasteiger partial charge in [-0.15, -0.1) is 0 Å². The minimum absolute atomic E-state index is 0.0258. The molecule has 80 valence electrons. The van der Waals surface area contributed by atoms with Crippen LogP contribution in [0.5, 0.6) is 0 Å². The van der Waals surface area contributed by atoms with Crippen molar-refractivity contribution in [2.75, 3.05) is 13.2 Å². The lowest BCUT2D eigenvalue weighted by molar-refractivity contribution is -0.149. The number of nitrogens with one attached hydrogen (secondary N) is 1. The average molecular weight is 197 g/mol. The molecule has 0 aromatic rings. The van der Waals surface area contributed by atoms with Crippen molar-refractivity contribution in [3.8, 4) is 0 Å². The Morgan fingerprint density at radius 1 is 1.43 bits per heavy atom. The molecule has 3 nitrogen and oxygen atoms in total. The number of rotatable bonds is 2. The third-order valence-electron chi connectivity index (χ3n) is 3.52. The molecule has 1 aliphatic heterocycles. The Morgan fingerprint density at radius 2 is 2.29 bits per heavy atom. The number of hydrogen-bond donors (Lipinski definition) is 1. The van der Waals surface area contributed by atoms with Crippen LogP contribution in [0.2, 0.25) is 0 Å². The van der Waals surface area contributed by atoms with Gasteiger partial charge in [0.25, 0.3) is 0 Å². The second-order valence-electron chi connectivity index (χ2n) is 4.37. The molecule has 2 fully saturated rings. The normalized spacial score (nSPS) is 36.5. The fraction of sp³-hybridized carbons (Fsp3) is 0.909. The minimum atomic E-state index is 0.0258. The topological polar surface area (TPSA) is 38.3 Å². The number of carbonyl (C=O) groups excluding carboxylic acids is 1. The van der Waals surface area contributed by atoms with Gasteiger partial charge >= 0.3 is 5.97 Å². The molecule has 1 heterocycles. The van der Waals surface area contributed by atoms with Crippen molar-refractivity contribution in [1.29, 1.82) is 0 Å². The molecule has 2 rings (SSSR count). The first-order chi connectivity index (χ1) is 6.81. The van der Waals surface area contributed by atoms with Gasteiger partial charge < -0.3 is 10.1 Å². The SMILES string of the molecule is CCOC(=O)C1CCC2NCCC2C1. The van der Waals surface area contributed by atoms with Gasteiger partial charge in [0.15, 0.2) is 0 Å². The summed E-state index contributed by atoms with van der Waals surface area (Å²) in [5, 5.41) is 3.50. The van der Waals surface area contributed by atoms with Crippen LogP contribution in [0.4, 0.5) is 0 Å². The van der Waals surface area contributed by atoms with Crippen LogP contribution >= 0.6 is 0 Å². The van der Waals surface area contributed by atoms with E-state index in [1.54, 1.807) is 0 Å². The van der Waals surface area contributed by atoms with Gasteiger partial charge in [-0.3, -0.25) is 4.79 Å². The largest absolute Gasteiger partial charge is 0.466 e. The summed E-state index contributed by atoms with van der Waals surface area (Å²) in [6.07, 6.45) is 4.43. The van der Waals surface area contributed by atoms with Crippen LogP contribution in [-0.4, -0.2) is 25.2 Å². The molecule has 1 aliphatic carbocycles. The highest BCUT2D eigenvalue weighted by Gasteiger charge is 2.36. The van der Waals surface area contributed by atoms with Crippen molar-refractivity contribution < 1.29 is 9.53 Å². The van der Waals surface area contributed by atoms with E-state index in [1.165, 1.54) is 6.42 Å². The number of fused-ring (bicyclic) bond motifs is 1. The summed E-state index contributed by atoms with van der Waals surface area (Å²) in [6.45, 7) is 3.52. The maximum Gasteiger partial charge on any atom is 0.308 e. The van der Waals surface area contributed by atoms with Crippen LogP contribution in [0.1, 0.15) is 32.6 Å². The van der Waals surface area contributed by atoms with Gasteiger partial charge in [-0.2, -0.15) is 0 Å². The van der Waals surface area contributed by atoms with Crippen molar-refractivity contribution in [2.24, 2.45) is 11.8 Å². The molecule has 0 spiro atoms. The maximum absolute atomic E-state index is 11.5. The van der Waals surface area contributed by atoms with E-state index in [9.17, 15) is 4.79 Å². The first kappa shape index (κ1) is 9.97. The van der Waals surface area contributed by atoms with Crippen LogP contribution in [0.25, 0.3) is 0 Å². The Morgan fingerprint density at radius 3 is 3.07 bits per heavy atom. The van der Waals surface area contributed by atoms with E-state index >= 15 is 0 Å². The Labute approximate surface area is 85.2 Å². The first-order valence-electron chi connectivity index (χ1n) is 5.71. The molecular weight excluding hydrogens is 178 g/mol. The molecule has 3 heteroatoms. The highest BCUT2D eigenvalue weighted by Crippen LogP contribution is 2.34. The van der Waals surface area contributed by atoms with Crippen LogP contribution in [0.15, 0.2) is 0 Å². The predicted octanol–water partition coefficient (Wildman–Crippen LogP) is 1.33. The summed E-state index contributed by atoms with van der Waals surface area (Å²) < 4.78 is 5.07. The fourth-order valence-corrected chi connectivity index (χ4v) is 2.78. The van der Waals surface area contributed by atoms with E-state index in [0.29, 0.717) is 12.6 Å². The zero-order valence-corrected chi connectivity index (χ0v) is 8.79. The zero-order chi connectivity index (χ0) is 9.97. The second-order valence-corrected chi connectivity index (χ2v) is 4.37. The maximum atomic E-state index is 11.5. The zero-order valence-electron chi connectivity index (χ0n) is 8.79. The van der Waals surface area contributed by atoms with E-state index in [4.69, 9.17) is 4.74 Å². The van der Waals surface area contributed by atoms with Gasteiger partial charge in [0.2, 0.25) is 0 Å². The van der Waals surface area contributed by atoms with Crippen LogP contribution < -0.4 is 5.32 Å². The quantitative estimate of drug-likeness (QED) is 0.679. The van der Waals surface area contributed by atoms with Crippen molar-refractivity contribution in [3.05, 3.63) is 0 Å². The van der Waals surface area contributed by atoms with Gasteiger partial charge in [0.05, 0.1) is 12.5 Å². The molecule has 1 saturated heterocycles. The highest BCUT2D eigenvalue weighted by molar-refractivity contribution is 5.72. The number of hydrogen-bond acceptors (Lipinski definition) is 3.